The fourth-order valence-electron chi connectivity index (χ4n) is 2.91. The van der Waals surface area contributed by atoms with Crippen molar-refractivity contribution in [1.82, 2.24) is 20.5 Å². The zero-order valence-corrected chi connectivity index (χ0v) is 16.7. The highest BCUT2D eigenvalue weighted by molar-refractivity contribution is 5.80. The molecule has 0 saturated carbocycles. The average Bonchev–Trinajstić information content (AvgIpc) is 3.09. The van der Waals surface area contributed by atoms with E-state index in [0.717, 1.165) is 63.4 Å². The summed E-state index contributed by atoms with van der Waals surface area (Å²) in [7, 11) is 0. The van der Waals surface area contributed by atoms with Gasteiger partial charge >= 0.3 is 0 Å². The van der Waals surface area contributed by atoms with E-state index >= 15 is 0 Å². The molecule has 0 unspecified atom stereocenters. The van der Waals surface area contributed by atoms with Crippen LogP contribution in [0.2, 0.25) is 0 Å². The third-order valence-electron chi connectivity index (χ3n) is 4.41. The molecule has 1 saturated heterocycles. The summed E-state index contributed by atoms with van der Waals surface area (Å²) in [5, 5.41) is 6.60. The second-order valence-electron chi connectivity index (χ2n) is 6.63. The van der Waals surface area contributed by atoms with Crippen molar-refractivity contribution in [3.05, 3.63) is 23.9 Å². The van der Waals surface area contributed by atoms with Crippen LogP contribution in [0.1, 0.15) is 51.5 Å². The number of aliphatic imine (C=N–C) groups is 1. The number of aromatic nitrogens is 1. The molecule has 2 heterocycles. The number of nitrogens with zero attached hydrogens (tertiary/aromatic N) is 3. The second kappa shape index (κ2) is 12.1. The molecule has 27 heavy (non-hydrogen) atoms. The maximum atomic E-state index is 11.6. The summed E-state index contributed by atoms with van der Waals surface area (Å²) >= 11 is 0. The fourth-order valence-corrected chi connectivity index (χ4v) is 2.91. The van der Waals surface area contributed by atoms with Crippen molar-refractivity contribution in [3.8, 4) is 5.88 Å². The minimum atomic E-state index is 0.280. The highest BCUT2D eigenvalue weighted by Gasteiger charge is 2.18. The van der Waals surface area contributed by atoms with Gasteiger partial charge in [-0.05, 0) is 32.3 Å². The predicted octanol–water partition coefficient (Wildman–Crippen LogP) is 2.33. The van der Waals surface area contributed by atoms with E-state index in [2.05, 4.69) is 27.5 Å². The molecular weight excluding hydrogens is 342 g/mol. The lowest BCUT2D eigenvalue weighted by Crippen LogP contribution is -2.39. The minimum Gasteiger partial charge on any atom is -0.477 e. The molecule has 7 heteroatoms. The van der Waals surface area contributed by atoms with Gasteiger partial charge in [0.2, 0.25) is 11.8 Å². The molecule has 1 aromatic rings. The number of carbonyl (C=O) groups excluding carboxylic acids is 1. The number of unbranched alkanes of at least 4 members (excludes halogenated alkanes) is 1. The highest BCUT2D eigenvalue weighted by Crippen LogP contribution is 2.15. The molecule has 0 aliphatic carbocycles. The van der Waals surface area contributed by atoms with Crippen LogP contribution in [0.25, 0.3) is 0 Å². The van der Waals surface area contributed by atoms with Crippen LogP contribution in [-0.4, -0.2) is 54.5 Å². The van der Waals surface area contributed by atoms with Crippen LogP contribution in [0, 0.1) is 0 Å². The zero-order valence-electron chi connectivity index (χ0n) is 16.7. The standard InChI is InChI=1S/C20H33N5O2/c1-3-5-15-27-19-17(9-6-11-22-19)16-24-20(21-4-2)23-12-8-14-25-13-7-10-18(25)26/h6,9,11H,3-5,7-8,10,12-16H2,1-2H3,(H2,21,23,24). The predicted molar refractivity (Wildman–Crippen MR) is 108 cm³/mol. The smallest absolute Gasteiger partial charge is 0.222 e. The van der Waals surface area contributed by atoms with Crippen LogP contribution in [0.3, 0.4) is 0 Å². The number of hydrogen-bond donors (Lipinski definition) is 2. The topological polar surface area (TPSA) is 78.9 Å². The maximum absolute atomic E-state index is 11.6. The van der Waals surface area contributed by atoms with Crippen LogP contribution in [-0.2, 0) is 11.3 Å². The number of likely N-dealkylation sites (tertiary alicyclic amines) is 1. The SMILES string of the molecule is CCCCOc1ncccc1CN=C(NCC)NCCCN1CCCC1=O. The third-order valence-corrected chi connectivity index (χ3v) is 4.41. The van der Waals surface area contributed by atoms with Crippen molar-refractivity contribution in [2.45, 2.75) is 52.5 Å². The summed E-state index contributed by atoms with van der Waals surface area (Å²) in [4.78, 5) is 22.6. The minimum absolute atomic E-state index is 0.280. The third kappa shape index (κ3) is 7.45. The van der Waals surface area contributed by atoms with Crippen molar-refractivity contribution in [3.63, 3.8) is 0 Å². The number of nitrogens with one attached hydrogen (secondary N) is 2. The van der Waals surface area contributed by atoms with Crippen LogP contribution in [0.4, 0.5) is 0 Å². The molecule has 2 rings (SSSR count). The highest BCUT2D eigenvalue weighted by atomic mass is 16.5. The Balaban J connectivity index is 1.82. The Hall–Kier alpha value is -2.31. The summed E-state index contributed by atoms with van der Waals surface area (Å²) in [6.07, 6.45) is 6.46. The normalized spacial score (nSPS) is 14.5. The summed E-state index contributed by atoms with van der Waals surface area (Å²) in [5.41, 5.74) is 0.980. The molecule has 1 fully saturated rings. The maximum Gasteiger partial charge on any atom is 0.222 e. The summed E-state index contributed by atoms with van der Waals surface area (Å²) in [6, 6.07) is 3.91. The number of rotatable bonds is 11. The number of pyridine rings is 1. The van der Waals surface area contributed by atoms with Crippen molar-refractivity contribution in [2.24, 2.45) is 4.99 Å². The summed E-state index contributed by atoms with van der Waals surface area (Å²) in [5.74, 6) is 1.72. The monoisotopic (exact) mass is 375 g/mol. The van der Waals surface area contributed by atoms with E-state index < -0.39 is 0 Å². The lowest BCUT2D eigenvalue weighted by Gasteiger charge is -2.16. The van der Waals surface area contributed by atoms with Crippen molar-refractivity contribution >= 4 is 11.9 Å². The van der Waals surface area contributed by atoms with Crippen molar-refractivity contribution in [1.29, 1.82) is 0 Å². The Morgan fingerprint density at radius 1 is 1.33 bits per heavy atom. The average molecular weight is 376 g/mol. The first-order chi connectivity index (χ1) is 13.2. The largest absolute Gasteiger partial charge is 0.477 e. The number of hydrogen-bond acceptors (Lipinski definition) is 4. The van der Waals surface area contributed by atoms with Gasteiger partial charge < -0.3 is 20.3 Å². The lowest BCUT2D eigenvalue weighted by atomic mass is 10.2. The Kier molecular flexibility index (Phi) is 9.44. The molecule has 7 nitrogen and oxygen atoms in total. The zero-order chi connectivity index (χ0) is 19.3. The molecule has 1 aromatic heterocycles. The van der Waals surface area contributed by atoms with Gasteiger partial charge in [0.05, 0.1) is 13.2 Å². The molecule has 1 amide bonds. The fraction of sp³-hybridized carbons (Fsp3) is 0.650. The Morgan fingerprint density at radius 2 is 2.22 bits per heavy atom. The molecule has 150 valence electrons. The second-order valence-corrected chi connectivity index (χ2v) is 6.63. The molecule has 0 atom stereocenters. The van der Waals surface area contributed by atoms with Crippen LogP contribution < -0.4 is 15.4 Å². The van der Waals surface area contributed by atoms with E-state index in [4.69, 9.17) is 4.74 Å². The van der Waals surface area contributed by atoms with Crippen molar-refractivity contribution < 1.29 is 9.53 Å². The van der Waals surface area contributed by atoms with Crippen molar-refractivity contribution in [2.75, 3.05) is 32.8 Å². The van der Waals surface area contributed by atoms with Gasteiger partial charge in [-0.3, -0.25) is 4.79 Å². The van der Waals surface area contributed by atoms with Crippen LogP contribution >= 0.6 is 0 Å². The molecule has 0 bridgehead atoms. The number of ether oxygens (including phenoxy) is 1. The summed E-state index contributed by atoms with van der Waals surface area (Å²) in [6.45, 7) is 8.65. The summed E-state index contributed by atoms with van der Waals surface area (Å²) < 4.78 is 5.78. The number of amides is 1. The number of guanidine groups is 1. The van der Waals surface area contributed by atoms with Crippen LogP contribution in [0.5, 0.6) is 5.88 Å². The van der Waals surface area contributed by atoms with E-state index in [1.165, 1.54) is 0 Å². The Bertz CT molecular complexity index is 606. The molecular formula is C20H33N5O2. The van der Waals surface area contributed by atoms with E-state index in [9.17, 15) is 4.79 Å². The first-order valence-corrected chi connectivity index (χ1v) is 10.1. The van der Waals surface area contributed by atoms with Gasteiger partial charge in [0.15, 0.2) is 5.96 Å². The van der Waals surface area contributed by atoms with Gasteiger partial charge in [-0.25, -0.2) is 9.98 Å². The number of carbonyl (C=O) groups is 1. The lowest BCUT2D eigenvalue weighted by molar-refractivity contribution is -0.127. The van der Waals surface area contributed by atoms with Gasteiger partial charge in [0, 0.05) is 44.4 Å². The van der Waals surface area contributed by atoms with Gasteiger partial charge in [-0.1, -0.05) is 19.4 Å². The quantitative estimate of drug-likeness (QED) is 0.353. The van der Waals surface area contributed by atoms with E-state index in [1.54, 1.807) is 6.20 Å². The van der Waals surface area contributed by atoms with Gasteiger partial charge in [-0.2, -0.15) is 0 Å². The molecule has 1 aliphatic heterocycles. The molecule has 0 radical (unpaired) electrons. The Morgan fingerprint density at radius 3 is 2.96 bits per heavy atom. The molecule has 0 aromatic carbocycles. The molecule has 2 N–H and O–H groups in total. The first kappa shape index (κ1) is 21.0. The van der Waals surface area contributed by atoms with Gasteiger partial charge in [-0.15, -0.1) is 0 Å². The van der Waals surface area contributed by atoms with E-state index in [0.29, 0.717) is 25.5 Å². The Labute approximate surface area is 162 Å². The molecule has 0 spiro atoms. The van der Waals surface area contributed by atoms with E-state index in [-0.39, 0.29) is 5.91 Å². The first-order valence-electron chi connectivity index (χ1n) is 10.1. The van der Waals surface area contributed by atoms with E-state index in [1.807, 2.05) is 24.0 Å². The van der Waals surface area contributed by atoms with Gasteiger partial charge in [0.25, 0.3) is 0 Å². The van der Waals surface area contributed by atoms with Gasteiger partial charge in [0.1, 0.15) is 0 Å². The molecule has 1 aliphatic rings. The van der Waals surface area contributed by atoms with Crippen LogP contribution in [0.15, 0.2) is 23.3 Å².